The molecule has 63 heavy (non-hydrogen) atoms. The summed E-state index contributed by atoms with van der Waals surface area (Å²) in [6.45, 7) is 0. The fraction of sp³-hybridized carbons (Fsp3) is 0. The van der Waals surface area contributed by atoms with Crippen LogP contribution < -0.4 is 4.90 Å². The fourth-order valence-electron chi connectivity index (χ4n) is 10.00. The molecule has 0 spiro atoms. The van der Waals surface area contributed by atoms with E-state index in [2.05, 4.69) is 240 Å². The second-order valence-corrected chi connectivity index (χ2v) is 16.5. The number of hydrogen-bond acceptors (Lipinski definition) is 2. The highest BCUT2D eigenvalue weighted by Crippen LogP contribution is 2.46. The summed E-state index contributed by atoms with van der Waals surface area (Å²) in [5, 5.41) is 12.1. The molecule has 0 unspecified atom stereocenters. The van der Waals surface area contributed by atoms with Crippen molar-refractivity contribution in [2.24, 2.45) is 0 Å². The van der Waals surface area contributed by atoms with Crippen LogP contribution in [0.25, 0.3) is 104 Å². The molecule has 2 heterocycles. The second kappa shape index (κ2) is 14.1. The van der Waals surface area contributed by atoms with Gasteiger partial charge >= 0.3 is 0 Å². The van der Waals surface area contributed by atoms with E-state index in [1.807, 2.05) is 0 Å². The highest BCUT2D eigenvalue weighted by Gasteiger charge is 2.22. The molecule has 0 aliphatic rings. The summed E-state index contributed by atoms with van der Waals surface area (Å²) in [4.78, 5) is 2.35. The minimum atomic E-state index is 0.852. The van der Waals surface area contributed by atoms with E-state index in [9.17, 15) is 0 Å². The van der Waals surface area contributed by atoms with Crippen molar-refractivity contribution in [1.29, 1.82) is 0 Å². The first-order chi connectivity index (χ1) is 31.2. The van der Waals surface area contributed by atoms with Crippen LogP contribution in [0, 0.1) is 0 Å². The number of furan rings is 1. The Balaban J connectivity index is 0.990. The third-order valence-corrected chi connectivity index (χ3v) is 12.9. The molecular weight excluding hydrogens is 765 g/mol. The minimum absolute atomic E-state index is 0.852. The summed E-state index contributed by atoms with van der Waals surface area (Å²) in [6, 6.07) is 83.3. The van der Waals surface area contributed by atoms with Crippen LogP contribution in [0.1, 0.15) is 0 Å². The Morgan fingerprint density at radius 2 is 0.921 bits per heavy atom. The monoisotopic (exact) mass is 802 g/mol. The van der Waals surface area contributed by atoms with Crippen molar-refractivity contribution in [2.75, 3.05) is 4.90 Å². The van der Waals surface area contributed by atoms with Gasteiger partial charge in [0.25, 0.3) is 0 Å². The number of fused-ring (bicyclic) bond motifs is 11. The summed E-state index contributed by atoms with van der Waals surface area (Å²) >= 11 is 0. The van der Waals surface area contributed by atoms with E-state index in [1.165, 1.54) is 54.1 Å². The molecule has 0 N–H and O–H groups in total. The van der Waals surface area contributed by atoms with E-state index in [4.69, 9.17) is 4.42 Å². The van der Waals surface area contributed by atoms with Crippen molar-refractivity contribution in [1.82, 2.24) is 4.57 Å². The average Bonchev–Trinajstić information content (AvgIpc) is 3.91. The van der Waals surface area contributed by atoms with Crippen LogP contribution in [-0.4, -0.2) is 4.57 Å². The van der Waals surface area contributed by atoms with Crippen molar-refractivity contribution < 1.29 is 4.42 Å². The highest BCUT2D eigenvalue weighted by atomic mass is 16.3. The third kappa shape index (κ3) is 5.60. The SMILES string of the molecule is c1ccc(-c2cccc3c2oc2c(N(c4ccc(-c5ccc6c7ccc8ccccc8c7n(-c7ccccc7)c6c5)cc4)c4ccc5c(ccc6ccccc65)c4)cccc23)cc1. The minimum Gasteiger partial charge on any atom is -0.453 e. The summed E-state index contributed by atoms with van der Waals surface area (Å²) in [5.74, 6) is 0. The smallest absolute Gasteiger partial charge is 0.159 e. The summed E-state index contributed by atoms with van der Waals surface area (Å²) < 4.78 is 9.46. The summed E-state index contributed by atoms with van der Waals surface area (Å²) in [5.41, 5.74) is 12.9. The second-order valence-electron chi connectivity index (χ2n) is 16.5. The van der Waals surface area contributed by atoms with Gasteiger partial charge in [0.05, 0.1) is 16.7 Å². The molecule has 0 saturated carbocycles. The molecule has 13 rings (SSSR count). The number of anilines is 3. The third-order valence-electron chi connectivity index (χ3n) is 12.9. The zero-order chi connectivity index (χ0) is 41.4. The molecule has 0 bridgehead atoms. The van der Waals surface area contributed by atoms with Gasteiger partial charge in [-0.3, -0.25) is 0 Å². The summed E-state index contributed by atoms with van der Waals surface area (Å²) in [6.07, 6.45) is 0. The normalized spacial score (nSPS) is 11.8. The van der Waals surface area contributed by atoms with Crippen LogP contribution in [0.2, 0.25) is 0 Å². The standard InChI is InChI=1S/C60H38N2O/c1-3-13-40(14-4-1)51-21-11-22-54-55-23-12-24-56(60(55)63-59(51)54)61(47-33-36-49-44(37-47)26-25-41-15-7-9-19-48(41)49)46-31-27-39(28-32-46)43-30-34-52-53-35-29-42-16-8-10-20-50(42)58(53)62(57(52)38-43)45-17-5-2-6-18-45/h1-38H. The van der Waals surface area contributed by atoms with Crippen molar-refractivity contribution in [3.8, 4) is 27.9 Å². The molecule has 3 nitrogen and oxygen atoms in total. The van der Waals surface area contributed by atoms with Gasteiger partial charge in [-0.1, -0.05) is 182 Å². The van der Waals surface area contributed by atoms with Crippen LogP contribution in [-0.2, 0) is 0 Å². The first-order valence-corrected chi connectivity index (χ1v) is 21.6. The van der Waals surface area contributed by atoms with Gasteiger partial charge in [0, 0.05) is 49.6 Å². The van der Waals surface area contributed by atoms with E-state index in [1.54, 1.807) is 0 Å². The number of aromatic nitrogens is 1. The number of hydrogen-bond donors (Lipinski definition) is 0. The van der Waals surface area contributed by atoms with E-state index in [-0.39, 0.29) is 0 Å². The Labute approximate surface area is 363 Å². The van der Waals surface area contributed by atoms with Crippen LogP contribution in [0.5, 0.6) is 0 Å². The van der Waals surface area contributed by atoms with Gasteiger partial charge in [0.1, 0.15) is 5.58 Å². The largest absolute Gasteiger partial charge is 0.453 e. The zero-order valence-electron chi connectivity index (χ0n) is 34.2. The van der Waals surface area contributed by atoms with Gasteiger partial charge in [0.2, 0.25) is 0 Å². The molecule has 0 fully saturated rings. The maximum absolute atomic E-state index is 7.03. The molecule has 0 amide bonds. The quantitative estimate of drug-likeness (QED) is 0.156. The molecule has 0 atom stereocenters. The van der Waals surface area contributed by atoms with Crippen LogP contribution in [0.4, 0.5) is 17.1 Å². The molecule has 2 aromatic heterocycles. The average molecular weight is 803 g/mol. The van der Waals surface area contributed by atoms with Gasteiger partial charge in [-0.05, 0) is 92.2 Å². The van der Waals surface area contributed by atoms with Crippen molar-refractivity contribution in [3.05, 3.63) is 231 Å². The van der Waals surface area contributed by atoms with Gasteiger partial charge in [0.15, 0.2) is 5.58 Å². The topological polar surface area (TPSA) is 21.3 Å². The zero-order valence-corrected chi connectivity index (χ0v) is 34.2. The lowest BCUT2D eigenvalue weighted by Crippen LogP contribution is -2.10. The van der Waals surface area contributed by atoms with Crippen molar-refractivity contribution in [3.63, 3.8) is 0 Å². The molecule has 0 saturated heterocycles. The number of benzene rings is 11. The number of para-hydroxylation sites is 3. The first kappa shape index (κ1) is 35.4. The van der Waals surface area contributed by atoms with Gasteiger partial charge in [-0.25, -0.2) is 0 Å². The van der Waals surface area contributed by atoms with Crippen LogP contribution in [0.3, 0.4) is 0 Å². The Morgan fingerprint density at radius 3 is 1.75 bits per heavy atom. The highest BCUT2D eigenvalue weighted by molar-refractivity contribution is 6.19. The van der Waals surface area contributed by atoms with Gasteiger partial charge in [-0.2, -0.15) is 0 Å². The maximum atomic E-state index is 7.03. The lowest BCUT2D eigenvalue weighted by molar-refractivity contribution is 0.670. The molecule has 294 valence electrons. The molecular formula is C60H38N2O. The van der Waals surface area contributed by atoms with E-state index < -0.39 is 0 Å². The predicted octanol–water partition coefficient (Wildman–Crippen LogP) is 16.9. The fourth-order valence-corrected chi connectivity index (χ4v) is 10.00. The van der Waals surface area contributed by atoms with Gasteiger partial charge < -0.3 is 13.9 Å². The molecule has 3 heteroatoms. The van der Waals surface area contributed by atoms with Crippen LogP contribution in [0.15, 0.2) is 235 Å². The number of nitrogens with zero attached hydrogens (tertiary/aromatic N) is 2. The first-order valence-electron chi connectivity index (χ1n) is 21.6. The van der Waals surface area contributed by atoms with E-state index >= 15 is 0 Å². The Bertz CT molecular complexity index is 3900. The predicted molar refractivity (Wildman–Crippen MR) is 266 cm³/mol. The van der Waals surface area contributed by atoms with Crippen molar-refractivity contribution >= 4 is 93.1 Å². The Hall–Kier alpha value is -8.40. The number of rotatable bonds is 6. The van der Waals surface area contributed by atoms with Crippen molar-refractivity contribution in [2.45, 2.75) is 0 Å². The molecule has 11 aromatic carbocycles. The Morgan fingerprint density at radius 1 is 0.333 bits per heavy atom. The van der Waals surface area contributed by atoms with Crippen LogP contribution >= 0.6 is 0 Å². The lowest BCUT2D eigenvalue weighted by Gasteiger charge is -2.26. The molecule has 13 aromatic rings. The summed E-state index contributed by atoms with van der Waals surface area (Å²) in [7, 11) is 0. The van der Waals surface area contributed by atoms with Gasteiger partial charge in [-0.15, -0.1) is 0 Å². The van der Waals surface area contributed by atoms with E-state index in [0.29, 0.717) is 0 Å². The lowest BCUT2D eigenvalue weighted by atomic mass is 10.00. The Kier molecular flexibility index (Phi) is 7.91. The molecule has 0 aliphatic heterocycles. The maximum Gasteiger partial charge on any atom is 0.159 e. The molecule has 0 aliphatic carbocycles. The molecule has 0 radical (unpaired) electrons. The van der Waals surface area contributed by atoms with E-state index in [0.717, 1.165) is 66.9 Å².